The molecule has 0 aromatic heterocycles. The summed E-state index contributed by atoms with van der Waals surface area (Å²) in [5.41, 5.74) is 0. The van der Waals surface area contributed by atoms with Crippen molar-refractivity contribution in [3.8, 4) is 0 Å². The van der Waals surface area contributed by atoms with Crippen molar-refractivity contribution >= 4 is 23.8 Å². The molecule has 2 atom stereocenters. The molecule has 21 heavy (non-hydrogen) atoms. The van der Waals surface area contributed by atoms with Crippen LogP contribution in [0.15, 0.2) is 0 Å². The van der Waals surface area contributed by atoms with Crippen LogP contribution in [0.2, 0.25) is 0 Å². The van der Waals surface area contributed by atoms with E-state index in [1.165, 1.54) is 19.3 Å². The van der Waals surface area contributed by atoms with Gasteiger partial charge in [0, 0.05) is 31.1 Å². The van der Waals surface area contributed by atoms with E-state index < -0.39 is 12.0 Å². The fourth-order valence-corrected chi connectivity index (χ4v) is 4.31. The standard InChI is InChI=1S/C15H26N2O3S/c1-2-4-12-5-3-7-16(8-6-12)15(20)17-9-10-21-11-13(17)14(18)19/h12-13H,2-11H2,1H3,(H,18,19). The number of amides is 2. The Hall–Kier alpha value is -0.910. The van der Waals surface area contributed by atoms with Gasteiger partial charge in [-0.05, 0) is 25.2 Å². The van der Waals surface area contributed by atoms with Crippen molar-refractivity contribution in [1.29, 1.82) is 0 Å². The van der Waals surface area contributed by atoms with Crippen LogP contribution in [0.1, 0.15) is 39.0 Å². The third-order valence-electron chi connectivity index (χ3n) is 4.47. The number of carbonyl (C=O) groups is 2. The lowest BCUT2D eigenvalue weighted by molar-refractivity contribution is -0.141. The van der Waals surface area contributed by atoms with E-state index >= 15 is 0 Å². The van der Waals surface area contributed by atoms with Crippen LogP contribution in [0.4, 0.5) is 4.79 Å². The molecule has 0 radical (unpaired) electrons. The highest BCUT2D eigenvalue weighted by Crippen LogP contribution is 2.24. The van der Waals surface area contributed by atoms with Crippen molar-refractivity contribution in [1.82, 2.24) is 9.80 Å². The number of aliphatic carboxylic acids is 1. The maximum Gasteiger partial charge on any atom is 0.327 e. The molecule has 120 valence electrons. The highest BCUT2D eigenvalue weighted by molar-refractivity contribution is 7.99. The third kappa shape index (κ3) is 4.28. The Balaban J connectivity index is 1.96. The maximum absolute atomic E-state index is 12.7. The fraction of sp³-hybridized carbons (Fsp3) is 0.867. The fourth-order valence-electron chi connectivity index (χ4n) is 3.27. The van der Waals surface area contributed by atoms with Crippen molar-refractivity contribution in [2.24, 2.45) is 5.92 Å². The highest BCUT2D eigenvalue weighted by Gasteiger charge is 2.35. The zero-order valence-corrected chi connectivity index (χ0v) is 13.6. The van der Waals surface area contributed by atoms with Crippen LogP contribution in [0.25, 0.3) is 0 Å². The Kier molecular flexibility index (Phi) is 6.21. The van der Waals surface area contributed by atoms with E-state index in [1.807, 2.05) is 4.90 Å². The number of hydrogen-bond donors (Lipinski definition) is 1. The molecule has 2 fully saturated rings. The summed E-state index contributed by atoms with van der Waals surface area (Å²) in [7, 11) is 0. The number of urea groups is 1. The molecular formula is C15H26N2O3S. The normalized spacial score (nSPS) is 27.3. The monoisotopic (exact) mass is 314 g/mol. The molecule has 2 rings (SSSR count). The summed E-state index contributed by atoms with van der Waals surface area (Å²) in [5, 5.41) is 9.30. The molecule has 0 aromatic rings. The van der Waals surface area contributed by atoms with Gasteiger partial charge in [0.15, 0.2) is 0 Å². The second kappa shape index (κ2) is 7.92. The smallest absolute Gasteiger partial charge is 0.327 e. The molecule has 0 bridgehead atoms. The summed E-state index contributed by atoms with van der Waals surface area (Å²) in [4.78, 5) is 27.4. The Morgan fingerprint density at radius 3 is 2.76 bits per heavy atom. The van der Waals surface area contributed by atoms with Gasteiger partial charge in [-0.3, -0.25) is 0 Å². The molecule has 2 saturated heterocycles. The molecule has 6 heteroatoms. The second-order valence-corrected chi connectivity index (χ2v) is 7.13. The van der Waals surface area contributed by atoms with Crippen LogP contribution in [-0.4, -0.2) is 64.1 Å². The van der Waals surface area contributed by atoms with Crippen molar-refractivity contribution in [2.45, 2.75) is 45.1 Å². The average Bonchev–Trinajstić information content (AvgIpc) is 2.72. The molecule has 2 heterocycles. The van der Waals surface area contributed by atoms with Gasteiger partial charge in [-0.25, -0.2) is 9.59 Å². The zero-order valence-electron chi connectivity index (χ0n) is 12.8. The molecule has 2 amide bonds. The summed E-state index contributed by atoms with van der Waals surface area (Å²) in [6, 6.07) is -0.731. The predicted octanol–water partition coefficient (Wildman–Crippen LogP) is 2.51. The van der Waals surface area contributed by atoms with Crippen LogP contribution >= 0.6 is 11.8 Å². The van der Waals surface area contributed by atoms with Gasteiger partial charge in [0.25, 0.3) is 0 Å². The lowest BCUT2D eigenvalue weighted by Gasteiger charge is -2.36. The number of likely N-dealkylation sites (tertiary alicyclic amines) is 1. The summed E-state index contributed by atoms with van der Waals surface area (Å²) in [6.07, 6.45) is 5.72. The van der Waals surface area contributed by atoms with Crippen LogP contribution in [0, 0.1) is 5.92 Å². The number of hydrogen-bond acceptors (Lipinski definition) is 3. The van der Waals surface area contributed by atoms with Gasteiger partial charge in [-0.15, -0.1) is 0 Å². The molecule has 5 nitrogen and oxygen atoms in total. The van der Waals surface area contributed by atoms with Crippen molar-refractivity contribution in [2.75, 3.05) is 31.1 Å². The molecule has 2 aliphatic heterocycles. The van der Waals surface area contributed by atoms with E-state index in [0.717, 1.165) is 37.6 Å². The van der Waals surface area contributed by atoms with E-state index in [2.05, 4.69) is 6.92 Å². The highest BCUT2D eigenvalue weighted by atomic mass is 32.2. The molecule has 2 aliphatic rings. The van der Waals surface area contributed by atoms with Gasteiger partial charge in [0.1, 0.15) is 6.04 Å². The molecule has 0 spiro atoms. The van der Waals surface area contributed by atoms with Gasteiger partial charge in [-0.1, -0.05) is 19.8 Å². The summed E-state index contributed by atoms with van der Waals surface area (Å²) < 4.78 is 0. The Labute approximate surface area is 131 Å². The summed E-state index contributed by atoms with van der Waals surface area (Å²) in [5.74, 6) is 1.18. The first-order valence-corrected chi connectivity index (χ1v) is 9.15. The Bertz CT molecular complexity index is 378. The lowest BCUT2D eigenvalue weighted by Crippen LogP contribution is -2.55. The minimum absolute atomic E-state index is 0.0696. The maximum atomic E-state index is 12.7. The topological polar surface area (TPSA) is 60.9 Å². The van der Waals surface area contributed by atoms with E-state index in [9.17, 15) is 14.7 Å². The molecule has 1 N–H and O–H groups in total. The van der Waals surface area contributed by atoms with Gasteiger partial charge < -0.3 is 14.9 Å². The molecule has 2 unspecified atom stereocenters. The van der Waals surface area contributed by atoms with Crippen LogP contribution in [0.3, 0.4) is 0 Å². The van der Waals surface area contributed by atoms with Crippen molar-refractivity contribution in [3.05, 3.63) is 0 Å². The van der Waals surface area contributed by atoms with E-state index in [4.69, 9.17) is 0 Å². The van der Waals surface area contributed by atoms with E-state index in [1.54, 1.807) is 16.7 Å². The number of nitrogens with zero attached hydrogens (tertiary/aromatic N) is 2. The molecular weight excluding hydrogens is 288 g/mol. The van der Waals surface area contributed by atoms with E-state index in [-0.39, 0.29) is 6.03 Å². The number of carbonyl (C=O) groups excluding carboxylic acids is 1. The largest absolute Gasteiger partial charge is 0.480 e. The van der Waals surface area contributed by atoms with Crippen molar-refractivity contribution in [3.63, 3.8) is 0 Å². The first kappa shape index (κ1) is 16.5. The average molecular weight is 314 g/mol. The van der Waals surface area contributed by atoms with Crippen LogP contribution < -0.4 is 0 Å². The first-order chi connectivity index (χ1) is 10.1. The zero-order chi connectivity index (χ0) is 15.2. The molecule has 0 aliphatic carbocycles. The molecule has 0 saturated carbocycles. The van der Waals surface area contributed by atoms with Crippen molar-refractivity contribution < 1.29 is 14.7 Å². The summed E-state index contributed by atoms with van der Waals surface area (Å²) >= 11 is 1.62. The van der Waals surface area contributed by atoms with Gasteiger partial charge in [-0.2, -0.15) is 11.8 Å². The Morgan fingerprint density at radius 1 is 1.24 bits per heavy atom. The Morgan fingerprint density at radius 2 is 2.05 bits per heavy atom. The third-order valence-corrected chi connectivity index (χ3v) is 5.50. The van der Waals surface area contributed by atoms with Gasteiger partial charge in [0.05, 0.1) is 0 Å². The number of carboxylic acids is 1. The number of rotatable bonds is 3. The van der Waals surface area contributed by atoms with E-state index in [0.29, 0.717) is 12.3 Å². The minimum atomic E-state index is -0.880. The number of carboxylic acid groups (broad SMARTS) is 1. The quantitative estimate of drug-likeness (QED) is 0.869. The van der Waals surface area contributed by atoms with Gasteiger partial charge >= 0.3 is 12.0 Å². The SMILES string of the molecule is CCCC1CCCN(C(=O)N2CCSCC2C(=O)O)CC1. The summed E-state index contributed by atoms with van der Waals surface area (Å²) in [6.45, 7) is 4.31. The predicted molar refractivity (Wildman–Crippen MR) is 84.7 cm³/mol. The minimum Gasteiger partial charge on any atom is -0.480 e. The first-order valence-electron chi connectivity index (χ1n) is 7.99. The van der Waals surface area contributed by atoms with Crippen LogP contribution in [0.5, 0.6) is 0 Å². The van der Waals surface area contributed by atoms with Gasteiger partial charge in [0.2, 0.25) is 0 Å². The van der Waals surface area contributed by atoms with Crippen LogP contribution in [-0.2, 0) is 4.79 Å². The number of thioether (sulfide) groups is 1. The second-order valence-electron chi connectivity index (χ2n) is 5.98. The lowest BCUT2D eigenvalue weighted by atomic mass is 9.96. The molecule has 0 aromatic carbocycles.